The van der Waals surface area contributed by atoms with Crippen LogP contribution in [-0.2, 0) is 11.3 Å². The Hall–Kier alpha value is -2.54. The minimum absolute atomic E-state index is 0.0440. The summed E-state index contributed by atoms with van der Waals surface area (Å²) in [6.45, 7) is 3.45. The van der Waals surface area contributed by atoms with E-state index in [4.69, 9.17) is 9.26 Å². The van der Waals surface area contributed by atoms with E-state index in [1.54, 1.807) is 13.8 Å². The summed E-state index contributed by atoms with van der Waals surface area (Å²) in [6, 6.07) is 9.71. The number of aryl methyl sites for hydroxylation is 2. The zero-order chi connectivity index (χ0) is 15.5. The molecule has 0 bridgehead atoms. The number of ether oxygens (including phenoxy) is 1. The number of carbonyl (C=O) groups is 1. The van der Waals surface area contributed by atoms with Crippen molar-refractivity contribution in [2.75, 3.05) is 0 Å². The molecule has 3 rings (SSSR count). The predicted molar refractivity (Wildman–Crippen MR) is 80.4 cm³/mol. The Morgan fingerprint density at radius 1 is 1.23 bits per heavy atom. The van der Waals surface area contributed by atoms with E-state index in [0.29, 0.717) is 16.4 Å². The molecule has 2 heterocycles. The topological polar surface area (TPSA) is 78.1 Å². The van der Waals surface area contributed by atoms with Crippen LogP contribution in [-0.4, -0.2) is 21.1 Å². The minimum Gasteiger partial charge on any atom is -0.451 e. The first-order valence-electron chi connectivity index (χ1n) is 6.62. The molecule has 0 spiro atoms. The Bertz CT molecular complexity index is 795. The zero-order valence-electron chi connectivity index (χ0n) is 12.1. The smallest absolute Gasteiger partial charge is 0.350 e. The standard InChI is InChI=1S/C15H13N3O3S/c1-9-13(15(19)20-8-12-17-10(2)18-21-12)22-14(16-9)11-6-4-3-5-7-11/h3-7H,8H2,1-2H3. The summed E-state index contributed by atoms with van der Waals surface area (Å²) in [5.74, 6) is 0.343. The highest BCUT2D eigenvalue weighted by atomic mass is 32.1. The van der Waals surface area contributed by atoms with Crippen molar-refractivity contribution in [3.63, 3.8) is 0 Å². The summed E-state index contributed by atoms with van der Waals surface area (Å²) >= 11 is 1.31. The molecule has 2 aromatic heterocycles. The van der Waals surface area contributed by atoms with Crippen LogP contribution in [0.5, 0.6) is 0 Å². The molecule has 0 saturated heterocycles. The SMILES string of the molecule is Cc1noc(COC(=O)c2sc(-c3ccccc3)nc2C)n1. The van der Waals surface area contributed by atoms with Gasteiger partial charge in [0.25, 0.3) is 5.89 Å². The fourth-order valence-electron chi connectivity index (χ4n) is 1.88. The third kappa shape index (κ3) is 3.04. The second-order valence-electron chi connectivity index (χ2n) is 4.61. The highest BCUT2D eigenvalue weighted by Crippen LogP contribution is 2.28. The molecule has 1 aromatic carbocycles. The van der Waals surface area contributed by atoms with Crippen LogP contribution in [0.25, 0.3) is 10.6 Å². The summed E-state index contributed by atoms with van der Waals surface area (Å²) in [4.78, 5) is 21.0. The first kappa shape index (κ1) is 14.4. The molecule has 0 radical (unpaired) electrons. The van der Waals surface area contributed by atoms with E-state index < -0.39 is 5.97 Å². The predicted octanol–water partition coefficient (Wildman–Crippen LogP) is 3.17. The first-order valence-corrected chi connectivity index (χ1v) is 7.44. The van der Waals surface area contributed by atoms with Crippen LogP contribution in [0.2, 0.25) is 0 Å². The quantitative estimate of drug-likeness (QED) is 0.688. The molecule has 0 aliphatic rings. The van der Waals surface area contributed by atoms with Gasteiger partial charge in [0, 0.05) is 5.56 Å². The van der Waals surface area contributed by atoms with Crippen molar-refractivity contribution >= 4 is 17.3 Å². The Morgan fingerprint density at radius 3 is 2.68 bits per heavy atom. The number of thiazole rings is 1. The fraction of sp³-hybridized carbons (Fsp3) is 0.200. The molecule has 0 saturated carbocycles. The van der Waals surface area contributed by atoms with Crippen molar-refractivity contribution in [2.24, 2.45) is 0 Å². The summed E-state index contributed by atoms with van der Waals surface area (Å²) < 4.78 is 10.1. The van der Waals surface area contributed by atoms with Crippen LogP contribution in [0.15, 0.2) is 34.9 Å². The van der Waals surface area contributed by atoms with Crippen LogP contribution in [0, 0.1) is 13.8 Å². The maximum atomic E-state index is 12.1. The lowest BCUT2D eigenvalue weighted by Crippen LogP contribution is -2.05. The highest BCUT2D eigenvalue weighted by Gasteiger charge is 2.18. The van der Waals surface area contributed by atoms with Gasteiger partial charge in [-0.25, -0.2) is 9.78 Å². The normalized spacial score (nSPS) is 10.6. The van der Waals surface area contributed by atoms with Gasteiger partial charge >= 0.3 is 5.97 Å². The third-order valence-corrected chi connectivity index (χ3v) is 4.09. The van der Waals surface area contributed by atoms with Gasteiger partial charge in [-0.1, -0.05) is 35.5 Å². The lowest BCUT2D eigenvalue weighted by atomic mass is 10.2. The molecule has 0 amide bonds. The van der Waals surface area contributed by atoms with E-state index in [1.807, 2.05) is 30.3 Å². The average molecular weight is 315 g/mol. The number of benzene rings is 1. The summed E-state index contributed by atoms with van der Waals surface area (Å²) in [5, 5.41) is 4.43. The molecular weight excluding hydrogens is 302 g/mol. The number of esters is 1. The van der Waals surface area contributed by atoms with Gasteiger partial charge in [-0.3, -0.25) is 0 Å². The number of hydrogen-bond donors (Lipinski definition) is 0. The van der Waals surface area contributed by atoms with Gasteiger partial charge in [0.15, 0.2) is 12.4 Å². The molecule has 112 valence electrons. The third-order valence-electron chi connectivity index (χ3n) is 2.90. The fourth-order valence-corrected chi connectivity index (χ4v) is 2.85. The lowest BCUT2D eigenvalue weighted by molar-refractivity contribution is 0.0434. The maximum absolute atomic E-state index is 12.1. The summed E-state index contributed by atoms with van der Waals surface area (Å²) in [7, 11) is 0. The van der Waals surface area contributed by atoms with E-state index in [0.717, 1.165) is 10.6 Å². The summed E-state index contributed by atoms with van der Waals surface area (Å²) in [6.07, 6.45) is 0. The van der Waals surface area contributed by atoms with E-state index in [9.17, 15) is 4.79 Å². The van der Waals surface area contributed by atoms with E-state index in [1.165, 1.54) is 11.3 Å². The van der Waals surface area contributed by atoms with Gasteiger partial charge in [-0.05, 0) is 13.8 Å². The second kappa shape index (κ2) is 6.07. The number of rotatable bonds is 4. The Balaban J connectivity index is 1.74. The van der Waals surface area contributed by atoms with Gasteiger partial charge in [0.05, 0.1) is 5.69 Å². The maximum Gasteiger partial charge on any atom is 0.350 e. The van der Waals surface area contributed by atoms with E-state index >= 15 is 0 Å². The number of aromatic nitrogens is 3. The van der Waals surface area contributed by atoms with Crippen LogP contribution < -0.4 is 0 Å². The Labute approximate surface area is 130 Å². The van der Waals surface area contributed by atoms with Crippen molar-refractivity contribution < 1.29 is 14.1 Å². The Kier molecular flexibility index (Phi) is 3.97. The molecule has 22 heavy (non-hydrogen) atoms. The molecule has 0 unspecified atom stereocenters. The molecule has 0 fully saturated rings. The van der Waals surface area contributed by atoms with Gasteiger partial charge in [0.1, 0.15) is 9.88 Å². The van der Waals surface area contributed by atoms with E-state index in [-0.39, 0.29) is 12.5 Å². The molecule has 0 atom stereocenters. The molecule has 0 N–H and O–H groups in total. The number of nitrogens with zero attached hydrogens (tertiary/aromatic N) is 3. The van der Waals surface area contributed by atoms with Crippen molar-refractivity contribution in [2.45, 2.75) is 20.5 Å². The minimum atomic E-state index is -0.437. The molecule has 0 aliphatic heterocycles. The number of hydrogen-bond acceptors (Lipinski definition) is 7. The van der Waals surface area contributed by atoms with Gasteiger partial charge in [0.2, 0.25) is 0 Å². The largest absolute Gasteiger partial charge is 0.451 e. The first-order chi connectivity index (χ1) is 10.6. The molecule has 7 heteroatoms. The molecule has 6 nitrogen and oxygen atoms in total. The van der Waals surface area contributed by atoms with Crippen molar-refractivity contribution in [1.29, 1.82) is 0 Å². The van der Waals surface area contributed by atoms with Crippen LogP contribution in [0.4, 0.5) is 0 Å². The van der Waals surface area contributed by atoms with E-state index in [2.05, 4.69) is 15.1 Å². The second-order valence-corrected chi connectivity index (χ2v) is 5.61. The molecule has 0 aliphatic carbocycles. The van der Waals surface area contributed by atoms with Crippen LogP contribution in [0.3, 0.4) is 0 Å². The monoisotopic (exact) mass is 315 g/mol. The highest BCUT2D eigenvalue weighted by molar-refractivity contribution is 7.17. The summed E-state index contributed by atoms with van der Waals surface area (Å²) in [5.41, 5.74) is 1.62. The van der Waals surface area contributed by atoms with Crippen molar-refractivity contribution in [3.05, 3.63) is 52.6 Å². The average Bonchev–Trinajstić information content (AvgIpc) is 3.12. The molecular formula is C15H13N3O3S. The zero-order valence-corrected chi connectivity index (χ0v) is 12.9. The lowest BCUT2D eigenvalue weighted by Gasteiger charge is -1.99. The van der Waals surface area contributed by atoms with Crippen molar-refractivity contribution in [1.82, 2.24) is 15.1 Å². The van der Waals surface area contributed by atoms with Crippen LogP contribution in [0.1, 0.15) is 27.1 Å². The van der Waals surface area contributed by atoms with Crippen molar-refractivity contribution in [3.8, 4) is 10.6 Å². The number of carbonyl (C=O) groups excluding carboxylic acids is 1. The van der Waals surface area contributed by atoms with Gasteiger partial charge in [-0.2, -0.15) is 4.98 Å². The molecule has 3 aromatic rings. The Morgan fingerprint density at radius 2 is 2.00 bits per heavy atom. The van der Waals surface area contributed by atoms with Gasteiger partial charge in [-0.15, -0.1) is 11.3 Å². The van der Waals surface area contributed by atoms with Gasteiger partial charge < -0.3 is 9.26 Å². The van der Waals surface area contributed by atoms with Crippen LogP contribution >= 0.6 is 11.3 Å².